The van der Waals surface area contributed by atoms with Gasteiger partial charge in [-0.15, -0.1) is 0 Å². The summed E-state index contributed by atoms with van der Waals surface area (Å²) in [5.41, 5.74) is 0.841. The lowest BCUT2D eigenvalue weighted by molar-refractivity contribution is -0.0119. The lowest BCUT2D eigenvalue weighted by atomic mass is 10.0. The molecule has 2 atom stereocenters. The second-order valence-electron chi connectivity index (χ2n) is 7.58. The maximum absolute atomic E-state index is 12.8. The lowest BCUT2D eigenvalue weighted by Gasteiger charge is -2.33. The summed E-state index contributed by atoms with van der Waals surface area (Å²) in [5, 5.41) is 30.4. The standard InChI is InChI=1S/C25H20O8/c1-30-19-9-14(7-8-15(19)27)23-21(12-26)33-24-20(32-23)11-17(29)22-16(28)10-18(31-25(22)24)13-5-3-2-4-6-13/h2-11,21,23,26-27,29H,12H2,1H3. The molecule has 8 nitrogen and oxygen atoms in total. The zero-order valence-corrected chi connectivity index (χ0v) is 17.5. The fraction of sp³-hybridized carbons (Fsp3) is 0.160. The van der Waals surface area contributed by atoms with E-state index in [0.717, 1.165) is 0 Å². The highest BCUT2D eigenvalue weighted by Crippen LogP contribution is 2.47. The molecule has 0 bridgehead atoms. The van der Waals surface area contributed by atoms with E-state index < -0.39 is 24.2 Å². The zero-order valence-electron chi connectivity index (χ0n) is 17.5. The monoisotopic (exact) mass is 448 g/mol. The summed E-state index contributed by atoms with van der Waals surface area (Å²) in [6.45, 7) is -0.404. The van der Waals surface area contributed by atoms with Crippen molar-refractivity contribution in [1.29, 1.82) is 0 Å². The largest absolute Gasteiger partial charge is 0.507 e. The maximum Gasteiger partial charge on any atom is 0.205 e. The number of hydrogen-bond donors (Lipinski definition) is 3. The molecule has 3 N–H and O–H groups in total. The predicted octanol–water partition coefficient (Wildman–Crippen LogP) is 3.75. The first kappa shape index (κ1) is 20.7. The van der Waals surface area contributed by atoms with Crippen LogP contribution in [0.3, 0.4) is 0 Å². The smallest absolute Gasteiger partial charge is 0.205 e. The van der Waals surface area contributed by atoms with Crippen molar-refractivity contribution in [2.24, 2.45) is 0 Å². The van der Waals surface area contributed by atoms with Crippen LogP contribution in [0.4, 0.5) is 0 Å². The van der Waals surface area contributed by atoms with Gasteiger partial charge in [-0.2, -0.15) is 0 Å². The van der Waals surface area contributed by atoms with Gasteiger partial charge in [-0.05, 0) is 12.1 Å². The van der Waals surface area contributed by atoms with Crippen LogP contribution in [0.15, 0.2) is 69.9 Å². The molecule has 0 saturated carbocycles. The van der Waals surface area contributed by atoms with Gasteiger partial charge in [0.2, 0.25) is 5.75 Å². The number of hydrogen-bond acceptors (Lipinski definition) is 8. The molecule has 168 valence electrons. The molecule has 0 fully saturated rings. The van der Waals surface area contributed by atoms with Gasteiger partial charge in [-0.3, -0.25) is 4.79 Å². The summed E-state index contributed by atoms with van der Waals surface area (Å²) in [4.78, 5) is 12.8. The molecule has 1 aliphatic heterocycles. The van der Waals surface area contributed by atoms with Crippen LogP contribution in [0.5, 0.6) is 28.7 Å². The summed E-state index contributed by atoms with van der Waals surface area (Å²) < 4.78 is 23.3. The molecule has 3 aromatic carbocycles. The minimum atomic E-state index is -0.856. The molecule has 8 heteroatoms. The highest BCUT2D eigenvalue weighted by atomic mass is 16.6. The Kier molecular flexibility index (Phi) is 5.07. The van der Waals surface area contributed by atoms with Crippen LogP contribution in [0.1, 0.15) is 11.7 Å². The molecule has 4 aromatic rings. The van der Waals surface area contributed by atoms with Crippen molar-refractivity contribution >= 4 is 11.0 Å². The van der Waals surface area contributed by atoms with E-state index >= 15 is 0 Å². The number of fused-ring (bicyclic) bond motifs is 3. The molecule has 1 aromatic heterocycles. The molecule has 0 spiro atoms. The van der Waals surface area contributed by atoms with Gasteiger partial charge in [0.1, 0.15) is 16.9 Å². The molecule has 0 amide bonds. The molecule has 5 rings (SSSR count). The van der Waals surface area contributed by atoms with Crippen LogP contribution in [-0.2, 0) is 0 Å². The number of aliphatic hydroxyl groups is 1. The van der Waals surface area contributed by atoms with Crippen LogP contribution in [-0.4, -0.2) is 35.1 Å². The van der Waals surface area contributed by atoms with Gasteiger partial charge in [-0.25, -0.2) is 0 Å². The Labute approximate surface area is 187 Å². The first-order valence-corrected chi connectivity index (χ1v) is 10.2. The second-order valence-corrected chi connectivity index (χ2v) is 7.58. The van der Waals surface area contributed by atoms with Gasteiger partial charge in [0.05, 0.1) is 13.7 Å². The summed E-state index contributed by atoms with van der Waals surface area (Å²) in [6.07, 6.45) is -1.64. The third-order valence-electron chi connectivity index (χ3n) is 5.53. The minimum Gasteiger partial charge on any atom is -0.507 e. The average molecular weight is 448 g/mol. The number of phenols is 2. The van der Waals surface area contributed by atoms with Crippen molar-refractivity contribution in [1.82, 2.24) is 0 Å². The Morgan fingerprint density at radius 1 is 0.970 bits per heavy atom. The second kappa shape index (κ2) is 8.07. The van der Waals surface area contributed by atoms with Crippen molar-refractivity contribution in [2.75, 3.05) is 13.7 Å². The van der Waals surface area contributed by atoms with E-state index in [1.54, 1.807) is 24.3 Å². The minimum absolute atomic E-state index is 0.0246. The Bertz CT molecular complexity index is 1390. The molecule has 33 heavy (non-hydrogen) atoms. The first-order valence-electron chi connectivity index (χ1n) is 10.2. The van der Waals surface area contributed by atoms with Crippen LogP contribution in [0.2, 0.25) is 0 Å². The van der Waals surface area contributed by atoms with Gasteiger partial charge in [-0.1, -0.05) is 36.4 Å². The lowest BCUT2D eigenvalue weighted by Crippen LogP contribution is -2.36. The summed E-state index contributed by atoms with van der Waals surface area (Å²) >= 11 is 0. The van der Waals surface area contributed by atoms with E-state index in [1.807, 2.05) is 18.2 Å². The number of benzene rings is 3. The summed E-state index contributed by atoms with van der Waals surface area (Å²) in [7, 11) is 1.42. The van der Waals surface area contributed by atoms with Crippen LogP contribution in [0, 0.1) is 0 Å². The SMILES string of the molecule is COc1cc(C2Oc3cc(O)c4c(=O)cc(-c5ccccc5)oc4c3OC2CO)ccc1O. The Balaban J connectivity index is 1.66. The third kappa shape index (κ3) is 3.50. The normalized spacial score (nSPS) is 17.2. The van der Waals surface area contributed by atoms with Crippen LogP contribution >= 0.6 is 0 Å². The number of ether oxygens (including phenoxy) is 3. The Hall–Kier alpha value is -4.17. The molecule has 0 aliphatic carbocycles. The Morgan fingerprint density at radius 2 is 1.76 bits per heavy atom. The first-order chi connectivity index (χ1) is 16.0. The number of phenolic OH excluding ortho intramolecular Hbond substituents is 2. The number of aromatic hydroxyl groups is 2. The van der Waals surface area contributed by atoms with Crippen molar-refractivity contribution in [3.05, 3.63) is 76.5 Å². The van der Waals surface area contributed by atoms with Crippen molar-refractivity contribution < 1.29 is 33.9 Å². The van der Waals surface area contributed by atoms with Gasteiger partial charge in [0, 0.05) is 23.3 Å². The van der Waals surface area contributed by atoms with E-state index in [9.17, 15) is 20.1 Å². The van der Waals surface area contributed by atoms with Gasteiger partial charge >= 0.3 is 0 Å². The van der Waals surface area contributed by atoms with Gasteiger partial charge in [0.15, 0.2) is 40.5 Å². The molecule has 2 heterocycles. The van der Waals surface area contributed by atoms with Crippen molar-refractivity contribution in [2.45, 2.75) is 12.2 Å². The van der Waals surface area contributed by atoms with Gasteiger partial charge in [0.25, 0.3) is 0 Å². The van der Waals surface area contributed by atoms with Gasteiger partial charge < -0.3 is 33.9 Å². The van der Waals surface area contributed by atoms with E-state index in [0.29, 0.717) is 16.9 Å². The highest BCUT2D eigenvalue weighted by Gasteiger charge is 2.36. The highest BCUT2D eigenvalue weighted by molar-refractivity contribution is 5.92. The molecular formula is C25H20O8. The molecule has 0 saturated heterocycles. The molecule has 2 unspecified atom stereocenters. The quantitative estimate of drug-likeness (QED) is 0.432. The zero-order chi connectivity index (χ0) is 23.1. The number of methoxy groups -OCH3 is 1. The maximum atomic E-state index is 12.8. The van der Waals surface area contributed by atoms with Crippen LogP contribution < -0.4 is 19.6 Å². The summed E-state index contributed by atoms with van der Waals surface area (Å²) in [6, 6.07) is 16.3. The van der Waals surface area contributed by atoms with E-state index in [-0.39, 0.29) is 39.7 Å². The van der Waals surface area contributed by atoms with E-state index in [2.05, 4.69) is 0 Å². The predicted molar refractivity (Wildman–Crippen MR) is 119 cm³/mol. The third-order valence-corrected chi connectivity index (χ3v) is 5.53. The van der Waals surface area contributed by atoms with Crippen LogP contribution in [0.25, 0.3) is 22.3 Å². The fourth-order valence-corrected chi connectivity index (χ4v) is 3.93. The number of aliphatic hydroxyl groups excluding tert-OH is 1. The van der Waals surface area contributed by atoms with E-state index in [4.69, 9.17) is 18.6 Å². The van der Waals surface area contributed by atoms with Crippen molar-refractivity contribution in [3.63, 3.8) is 0 Å². The summed E-state index contributed by atoms with van der Waals surface area (Å²) in [5.74, 6) is 0.436. The number of rotatable bonds is 4. The Morgan fingerprint density at radius 3 is 2.48 bits per heavy atom. The molecule has 1 aliphatic rings. The fourth-order valence-electron chi connectivity index (χ4n) is 3.93. The van der Waals surface area contributed by atoms with Crippen molar-refractivity contribution in [3.8, 4) is 40.1 Å². The molecular weight excluding hydrogens is 428 g/mol. The topological polar surface area (TPSA) is 119 Å². The van der Waals surface area contributed by atoms with E-state index in [1.165, 1.54) is 25.3 Å². The average Bonchev–Trinajstić information content (AvgIpc) is 2.84. The molecule has 0 radical (unpaired) electrons.